The molecule has 0 bridgehead atoms. The smallest absolute Gasteiger partial charge is 0.150 e. The topological polar surface area (TPSA) is 46.2 Å². The van der Waals surface area contributed by atoms with Crippen LogP contribution in [0.15, 0.2) is 22.7 Å². The summed E-state index contributed by atoms with van der Waals surface area (Å²) in [5, 5.41) is 4.06. The Labute approximate surface area is 127 Å². The van der Waals surface area contributed by atoms with Crippen LogP contribution < -0.4 is 5.32 Å². The van der Waals surface area contributed by atoms with Crippen LogP contribution in [0.3, 0.4) is 0 Å². The molecule has 0 amide bonds. The van der Waals surface area contributed by atoms with Crippen LogP contribution in [0, 0.1) is 5.92 Å². The average molecular weight is 367 g/mol. The van der Waals surface area contributed by atoms with Crippen LogP contribution in [-0.2, 0) is 9.84 Å². The fourth-order valence-corrected chi connectivity index (χ4v) is 4.92. The maximum Gasteiger partial charge on any atom is 0.150 e. The summed E-state index contributed by atoms with van der Waals surface area (Å²) in [6.07, 6.45) is 0.722. The van der Waals surface area contributed by atoms with Crippen molar-refractivity contribution in [1.82, 2.24) is 5.32 Å². The fourth-order valence-electron chi connectivity index (χ4n) is 2.57. The van der Waals surface area contributed by atoms with Gasteiger partial charge >= 0.3 is 0 Å². The third kappa shape index (κ3) is 3.72. The number of halogens is 2. The molecule has 2 atom stereocenters. The molecule has 1 aromatic carbocycles. The number of benzene rings is 1. The molecule has 3 nitrogen and oxygen atoms in total. The van der Waals surface area contributed by atoms with Gasteiger partial charge in [-0.05, 0) is 52.5 Å². The number of hydrogen-bond acceptors (Lipinski definition) is 3. The molecular weight excluding hydrogens is 350 g/mol. The van der Waals surface area contributed by atoms with Crippen molar-refractivity contribution in [3.8, 4) is 0 Å². The van der Waals surface area contributed by atoms with E-state index in [1.807, 2.05) is 25.1 Å². The molecule has 0 aromatic heterocycles. The number of rotatable bonds is 4. The van der Waals surface area contributed by atoms with E-state index in [1.165, 1.54) is 0 Å². The zero-order valence-corrected chi connectivity index (χ0v) is 13.9. The van der Waals surface area contributed by atoms with E-state index in [0.717, 1.165) is 23.0 Å². The van der Waals surface area contributed by atoms with Crippen molar-refractivity contribution in [3.05, 3.63) is 33.3 Å². The highest BCUT2D eigenvalue weighted by Gasteiger charge is 2.34. The zero-order chi connectivity index (χ0) is 14.0. The Hall–Kier alpha value is -0.100. The minimum Gasteiger partial charge on any atom is -0.310 e. The van der Waals surface area contributed by atoms with Gasteiger partial charge in [0.05, 0.1) is 16.5 Å². The van der Waals surface area contributed by atoms with E-state index in [1.54, 1.807) is 0 Å². The third-order valence-corrected chi connectivity index (χ3v) is 6.47. The van der Waals surface area contributed by atoms with Gasteiger partial charge in [-0.25, -0.2) is 8.42 Å². The van der Waals surface area contributed by atoms with Crippen molar-refractivity contribution in [3.63, 3.8) is 0 Å². The molecule has 1 saturated heterocycles. The molecule has 2 unspecified atom stereocenters. The normalized spacial score (nSPS) is 23.4. The maximum atomic E-state index is 11.6. The van der Waals surface area contributed by atoms with Crippen molar-refractivity contribution in [2.45, 2.75) is 19.4 Å². The summed E-state index contributed by atoms with van der Waals surface area (Å²) in [6, 6.07) is 5.84. The molecule has 19 heavy (non-hydrogen) atoms. The highest BCUT2D eigenvalue weighted by atomic mass is 79.9. The van der Waals surface area contributed by atoms with Gasteiger partial charge in [-0.2, -0.15) is 0 Å². The van der Waals surface area contributed by atoms with Gasteiger partial charge in [0, 0.05) is 10.5 Å². The Morgan fingerprint density at radius 2 is 2.26 bits per heavy atom. The number of hydrogen-bond donors (Lipinski definition) is 1. The van der Waals surface area contributed by atoms with E-state index in [-0.39, 0.29) is 17.7 Å². The second-order valence-corrected chi connectivity index (χ2v) is 8.36. The molecular formula is C13H17BrClNO2S. The second-order valence-electron chi connectivity index (χ2n) is 4.87. The lowest BCUT2D eigenvalue weighted by atomic mass is 9.92. The summed E-state index contributed by atoms with van der Waals surface area (Å²) >= 11 is 9.42. The Morgan fingerprint density at radius 1 is 1.53 bits per heavy atom. The molecule has 0 spiro atoms. The lowest BCUT2D eigenvalue weighted by molar-refractivity contribution is 0.400. The minimum absolute atomic E-state index is 0.0656. The molecule has 1 aromatic rings. The molecule has 0 radical (unpaired) electrons. The number of nitrogens with one attached hydrogen (secondary N) is 1. The van der Waals surface area contributed by atoms with Gasteiger partial charge in [-0.15, -0.1) is 0 Å². The van der Waals surface area contributed by atoms with Crippen LogP contribution >= 0.6 is 27.5 Å². The summed E-state index contributed by atoms with van der Waals surface area (Å²) in [5.74, 6) is 0.706. The van der Waals surface area contributed by atoms with Gasteiger partial charge in [-0.3, -0.25) is 0 Å². The summed E-state index contributed by atoms with van der Waals surface area (Å²) in [6.45, 7) is 2.84. The zero-order valence-electron chi connectivity index (χ0n) is 10.7. The van der Waals surface area contributed by atoms with Crippen LogP contribution in [0.2, 0.25) is 5.02 Å². The molecule has 1 heterocycles. The molecule has 1 aliphatic rings. The Bertz CT molecular complexity index is 562. The predicted octanol–water partition coefficient (Wildman–Crippen LogP) is 3.19. The van der Waals surface area contributed by atoms with E-state index >= 15 is 0 Å². The van der Waals surface area contributed by atoms with Crippen molar-refractivity contribution in [2.75, 3.05) is 18.1 Å². The van der Waals surface area contributed by atoms with Crippen LogP contribution in [0.1, 0.15) is 24.9 Å². The molecule has 2 rings (SSSR count). The number of sulfone groups is 1. The van der Waals surface area contributed by atoms with Gasteiger partial charge in [-0.1, -0.05) is 24.6 Å². The van der Waals surface area contributed by atoms with Crippen LogP contribution in [0.25, 0.3) is 0 Å². The summed E-state index contributed by atoms with van der Waals surface area (Å²) in [7, 11) is -2.86. The van der Waals surface area contributed by atoms with Crippen molar-refractivity contribution < 1.29 is 8.42 Å². The lowest BCUT2D eigenvalue weighted by Crippen LogP contribution is -2.29. The molecule has 0 aliphatic carbocycles. The fraction of sp³-hybridized carbons (Fsp3) is 0.538. The van der Waals surface area contributed by atoms with E-state index in [4.69, 9.17) is 11.6 Å². The molecule has 1 aliphatic heterocycles. The SMILES string of the molecule is CCNC(c1ccc(Cl)c(Br)c1)C1CCS(=O)(=O)C1. The summed E-state index contributed by atoms with van der Waals surface area (Å²) in [4.78, 5) is 0. The second kappa shape index (κ2) is 6.12. The first-order valence-corrected chi connectivity index (χ1v) is 9.31. The summed E-state index contributed by atoms with van der Waals surface area (Å²) in [5.41, 5.74) is 1.08. The van der Waals surface area contributed by atoms with Gasteiger partial charge in [0.2, 0.25) is 0 Å². The monoisotopic (exact) mass is 365 g/mol. The van der Waals surface area contributed by atoms with Crippen molar-refractivity contribution in [1.29, 1.82) is 0 Å². The first kappa shape index (κ1) is 15.3. The van der Waals surface area contributed by atoms with Crippen LogP contribution in [-0.4, -0.2) is 26.5 Å². The predicted molar refractivity (Wildman–Crippen MR) is 82.3 cm³/mol. The van der Waals surface area contributed by atoms with E-state index in [0.29, 0.717) is 10.8 Å². The van der Waals surface area contributed by atoms with E-state index in [9.17, 15) is 8.42 Å². The van der Waals surface area contributed by atoms with Gasteiger partial charge in [0.1, 0.15) is 0 Å². The highest BCUT2D eigenvalue weighted by molar-refractivity contribution is 9.10. The van der Waals surface area contributed by atoms with Gasteiger partial charge in [0.15, 0.2) is 9.84 Å². The average Bonchev–Trinajstić information content (AvgIpc) is 2.70. The quantitative estimate of drug-likeness (QED) is 0.890. The maximum absolute atomic E-state index is 11.6. The molecule has 106 valence electrons. The molecule has 1 N–H and O–H groups in total. The Balaban J connectivity index is 2.27. The van der Waals surface area contributed by atoms with Crippen LogP contribution in [0.4, 0.5) is 0 Å². The lowest BCUT2D eigenvalue weighted by Gasteiger charge is -2.24. The van der Waals surface area contributed by atoms with Crippen LogP contribution in [0.5, 0.6) is 0 Å². The van der Waals surface area contributed by atoms with E-state index in [2.05, 4.69) is 21.2 Å². The Kier molecular flexibility index (Phi) is 4.93. The molecule has 6 heteroatoms. The standard InChI is InChI=1S/C13H17BrClNO2S/c1-2-16-13(10-5-6-19(17,18)8-10)9-3-4-12(15)11(14)7-9/h3-4,7,10,13,16H,2,5-6,8H2,1H3. The first-order chi connectivity index (χ1) is 8.93. The first-order valence-electron chi connectivity index (χ1n) is 6.31. The highest BCUT2D eigenvalue weighted by Crippen LogP contribution is 2.34. The minimum atomic E-state index is -2.86. The van der Waals surface area contributed by atoms with Gasteiger partial charge < -0.3 is 5.32 Å². The summed E-state index contributed by atoms with van der Waals surface area (Å²) < 4.78 is 24.1. The third-order valence-electron chi connectivity index (χ3n) is 3.47. The Morgan fingerprint density at radius 3 is 2.79 bits per heavy atom. The molecule has 1 fully saturated rings. The van der Waals surface area contributed by atoms with E-state index < -0.39 is 9.84 Å². The van der Waals surface area contributed by atoms with Crippen molar-refractivity contribution >= 4 is 37.4 Å². The largest absolute Gasteiger partial charge is 0.310 e. The molecule has 0 saturated carbocycles. The van der Waals surface area contributed by atoms with Crippen molar-refractivity contribution in [2.24, 2.45) is 5.92 Å². The van der Waals surface area contributed by atoms with Gasteiger partial charge in [0.25, 0.3) is 0 Å².